The number of nitrogens with one attached hydrogen (secondary N) is 1. The van der Waals surface area contributed by atoms with Gasteiger partial charge in [-0.25, -0.2) is 9.97 Å². The second-order valence-corrected chi connectivity index (χ2v) is 6.06. The van der Waals surface area contributed by atoms with Gasteiger partial charge < -0.3 is 21.7 Å². The molecule has 5 N–H and O–H groups in total. The summed E-state index contributed by atoms with van der Waals surface area (Å²) in [5.41, 5.74) is 14.3. The Kier molecular flexibility index (Phi) is 4.61. The maximum absolute atomic E-state index is 12.5. The van der Waals surface area contributed by atoms with Crippen molar-refractivity contribution in [2.75, 3.05) is 29.0 Å². The van der Waals surface area contributed by atoms with E-state index in [9.17, 15) is 4.79 Å². The molecule has 1 saturated heterocycles. The average molecular weight is 326 g/mol. The van der Waals surface area contributed by atoms with Crippen LogP contribution in [0.2, 0.25) is 0 Å². The molecule has 0 spiro atoms. The summed E-state index contributed by atoms with van der Waals surface area (Å²) in [5, 5.41) is 2.90. The van der Waals surface area contributed by atoms with Crippen LogP contribution in [0, 0.1) is 6.92 Å². The molecule has 24 heavy (non-hydrogen) atoms. The zero-order chi connectivity index (χ0) is 17.1. The van der Waals surface area contributed by atoms with E-state index in [1.165, 1.54) is 6.20 Å². The summed E-state index contributed by atoms with van der Waals surface area (Å²) in [6, 6.07) is 7.84. The maximum atomic E-state index is 12.5. The van der Waals surface area contributed by atoms with Gasteiger partial charge >= 0.3 is 0 Å². The molecule has 2 heterocycles. The van der Waals surface area contributed by atoms with Gasteiger partial charge in [0.25, 0.3) is 5.91 Å². The maximum Gasteiger partial charge on any atom is 0.278 e. The Hall–Kier alpha value is -2.67. The Bertz CT molecular complexity index is 748. The van der Waals surface area contributed by atoms with Crippen LogP contribution < -0.4 is 21.7 Å². The largest absolute Gasteiger partial charge is 0.382 e. The predicted octanol–water partition coefficient (Wildman–Crippen LogP) is 1.55. The average Bonchev–Trinajstić information content (AvgIpc) is 2.57. The van der Waals surface area contributed by atoms with Gasteiger partial charge in [0.15, 0.2) is 11.5 Å². The van der Waals surface area contributed by atoms with E-state index in [2.05, 4.69) is 20.2 Å². The number of nitrogens with zero attached hydrogens (tertiary/aromatic N) is 3. The van der Waals surface area contributed by atoms with Crippen LogP contribution in [-0.4, -0.2) is 35.0 Å². The Labute approximate surface area is 141 Å². The summed E-state index contributed by atoms with van der Waals surface area (Å²) in [6.07, 6.45) is 3.61. The van der Waals surface area contributed by atoms with E-state index in [0.717, 1.165) is 37.3 Å². The Balaban J connectivity index is 1.85. The lowest BCUT2D eigenvalue weighted by atomic mass is 10.1. The zero-order valence-electron chi connectivity index (χ0n) is 13.7. The van der Waals surface area contributed by atoms with Crippen molar-refractivity contribution < 1.29 is 4.79 Å². The molecule has 1 aromatic heterocycles. The highest BCUT2D eigenvalue weighted by Crippen LogP contribution is 2.28. The smallest absolute Gasteiger partial charge is 0.278 e. The van der Waals surface area contributed by atoms with Crippen LogP contribution in [0.4, 0.5) is 17.2 Å². The number of aryl methyl sites for hydroxylation is 1. The molecule has 1 aliphatic heterocycles. The highest BCUT2D eigenvalue weighted by Gasteiger charge is 2.21. The Morgan fingerprint density at radius 1 is 1.38 bits per heavy atom. The number of hydrogen-bond acceptors (Lipinski definition) is 6. The quantitative estimate of drug-likeness (QED) is 0.789. The molecular formula is C17H22N6O. The third-order valence-electron chi connectivity index (χ3n) is 4.09. The molecule has 2 aromatic rings. The second-order valence-electron chi connectivity index (χ2n) is 6.06. The third kappa shape index (κ3) is 3.46. The first-order chi connectivity index (χ1) is 11.5. The number of hydrogen-bond donors (Lipinski definition) is 3. The lowest BCUT2D eigenvalue weighted by Crippen LogP contribution is -2.43. The number of piperidine rings is 1. The lowest BCUT2D eigenvalue weighted by molar-refractivity contribution is 0.102. The summed E-state index contributed by atoms with van der Waals surface area (Å²) < 4.78 is 0. The van der Waals surface area contributed by atoms with E-state index in [1.54, 1.807) is 6.92 Å². The summed E-state index contributed by atoms with van der Waals surface area (Å²) >= 11 is 0. The molecule has 1 amide bonds. The van der Waals surface area contributed by atoms with Crippen molar-refractivity contribution in [3.63, 3.8) is 0 Å². The molecule has 3 rings (SSSR count). The molecule has 1 aromatic carbocycles. The summed E-state index contributed by atoms with van der Waals surface area (Å²) in [6.45, 7) is 3.47. The SMILES string of the molecule is Cc1cnc(N)c(C(=O)Nc2ccccc2N2CCCC(N)C2)n1. The van der Waals surface area contributed by atoms with E-state index in [1.807, 2.05) is 24.3 Å². The number of nitrogen functional groups attached to an aromatic ring is 1. The number of amides is 1. The number of para-hydroxylation sites is 2. The number of carbonyl (C=O) groups excluding carboxylic acids is 1. The molecule has 1 unspecified atom stereocenters. The van der Waals surface area contributed by atoms with Crippen LogP contribution >= 0.6 is 0 Å². The molecule has 1 atom stereocenters. The van der Waals surface area contributed by atoms with Gasteiger partial charge in [0, 0.05) is 19.1 Å². The van der Waals surface area contributed by atoms with E-state index >= 15 is 0 Å². The fraction of sp³-hybridized carbons (Fsp3) is 0.353. The number of anilines is 3. The van der Waals surface area contributed by atoms with E-state index in [4.69, 9.17) is 11.5 Å². The second kappa shape index (κ2) is 6.84. The van der Waals surface area contributed by atoms with Gasteiger partial charge in [-0.05, 0) is 31.9 Å². The van der Waals surface area contributed by atoms with Crippen molar-refractivity contribution in [1.29, 1.82) is 0 Å². The molecule has 0 saturated carbocycles. The fourth-order valence-corrected chi connectivity index (χ4v) is 2.92. The van der Waals surface area contributed by atoms with Gasteiger partial charge in [0.1, 0.15) is 0 Å². The summed E-state index contributed by atoms with van der Waals surface area (Å²) in [4.78, 5) is 22.9. The molecule has 7 heteroatoms. The third-order valence-corrected chi connectivity index (χ3v) is 4.09. The van der Waals surface area contributed by atoms with Gasteiger partial charge in [0.05, 0.1) is 23.3 Å². The van der Waals surface area contributed by atoms with Crippen molar-refractivity contribution in [2.45, 2.75) is 25.8 Å². The summed E-state index contributed by atoms with van der Waals surface area (Å²) in [5.74, 6) is -0.243. The van der Waals surface area contributed by atoms with Crippen LogP contribution in [0.3, 0.4) is 0 Å². The number of nitrogens with two attached hydrogens (primary N) is 2. The van der Waals surface area contributed by atoms with Gasteiger partial charge in [-0.1, -0.05) is 12.1 Å². The number of benzene rings is 1. The monoisotopic (exact) mass is 326 g/mol. The van der Waals surface area contributed by atoms with Crippen LogP contribution in [0.15, 0.2) is 30.5 Å². The van der Waals surface area contributed by atoms with Crippen molar-refractivity contribution in [1.82, 2.24) is 9.97 Å². The Morgan fingerprint density at radius 2 is 2.17 bits per heavy atom. The number of rotatable bonds is 3. The van der Waals surface area contributed by atoms with Gasteiger partial charge in [-0.2, -0.15) is 0 Å². The van der Waals surface area contributed by atoms with Crippen molar-refractivity contribution in [3.8, 4) is 0 Å². The van der Waals surface area contributed by atoms with Crippen molar-refractivity contribution in [2.24, 2.45) is 5.73 Å². The van der Waals surface area contributed by atoms with Gasteiger partial charge in [-0.3, -0.25) is 4.79 Å². The number of aromatic nitrogens is 2. The minimum atomic E-state index is -0.363. The first-order valence-corrected chi connectivity index (χ1v) is 8.04. The predicted molar refractivity (Wildman–Crippen MR) is 95.0 cm³/mol. The fourth-order valence-electron chi connectivity index (χ4n) is 2.92. The number of carbonyl (C=O) groups is 1. The first-order valence-electron chi connectivity index (χ1n) is 8.04. The molecule has 1 fully saturated rings. The molecule has 0 radical (unpaired) electrons. The first kappa shape index (κ1) is 16.2. The van der Waals surface area contributed by atoms with Crippen LogP contribution in [0.5, 0.6) is 0 Å². The molecule has 126 valence electrons. The van der Waals surface area contributed by atoms with Gasteiger partial charge in [-0.15, -0.1) is 0 Å². The topological polar surface area (TPSA) is 110 Å². The van der Waals surface area contributed by atoms with Crippen LogP contribution in [0.25, 0.3) is 0 Å². The molecule has 0 aliphatic carbocycles. The normalized spacial score (nSPS) is 17.6. The van der Waals surface area contributed by atoms with Crippen LogP contribution in [0.1, 0.15) is 29.0 Å². The lowest BCUT2D eigenvalue weighted by Gasteiger charge is -2.33. The van der Waals surface area contributed by atoms with Crippen molar-refractivity contribution >= 4 is 23.1 Å². The highest BCUT2D eigenvalue weighted by atomic mass is 16.1. The minimum Gasteiger partial charge on any atom is -0.382 e. The molecule has 1 aliphatic rings. The van der Waals surface area contributed by atoms with E-state index in [0.29, 0.717) is 5.69 Å². The minimum absolute atomic E-state index is 0.121. The van der Waals surface area contributed by atoms with Crippen molar-refractivity contribution in [3.05, 3.63) is 41.9 Å². The van der Waals surface area contributed by atoms with Crippen LogP contribution in [-0.2, 0) is 0 Å². The zero-order valence-corrected chi connectivity index (χ0v) is 13.7. The standard InChI is InChI=1S/C17H22N6O/c1-11-9-20-16(19)15(21-11)17(24)22-13-6-2-3-7-14(13)23-8-4-5-12(18)10-23/h2-3,6-7,9,12H,4-5,8,10,18H2,1H3,(H2,19,20)(H,22,24). The van der Waals surface area contributed by atoms with E-state index in [-0.39, 0.29) is 23.5 Å². The van der Waals surface area contributed by atoms with Gasteiger partial charge in [0.2, 0.25) is 0 Å². The van der Waals surface area contributed by atoms with E-state index < -0.39 is 0 Å². The summed E-state index contributed by atoms with van der Waals surface area (Å²) in [7, 11) is 0. The molecule has 0 bridgehead atoms. The highest BCUT2D eigenvalue weighted by molar-refractivity contribution is 6.07. The molecular weight excluding hydrogens is 304 g/mol. The molecule has 7 nitrogen and oxygen atoms in total. The Morgan fingerprint density at radius 3 is 2.96 bits per heavy atom.